The van der Waals surface area contributed by atoms with Crippen LogP contribution >= 0.6 is 0 Å². The fourth-order valence-electron chi connectivity index (χ4n) is 3.71. The number of amides is 1. The van der Waals surface area contributed by atoms with Gasteiger partial charge in [0, 0.05) is 32.1 Å². The van der Waals surface area contributed by atoms with Gasteiger partial charge in [-0.1, -0.05) is 0 Å². The van der Waals surface area contributed by atoms with Gasteiger partial charge in [-0.25, -0.2) is 0 Å². The maximum Gasteiger partial charge on any atom is 0.376 e. The molecule has 2 saturated heterocycles. The fourth-order valence-corrected chi connectivity index (χ4v) is 3.71. The second kappa shape index (κ2) is 5.07. The number of hydrogen-bond acceptors (Lipinski definition) is 4. The third-order valence-electron chi connectivity index (χ3n) is 5.24. The topological polar surface area (TPSA) is 55.8 Å². The van der Waals surface area contributed by atoms with Crippen LogP contribution in [0.4, 0.5) is 0 Å². The minimum absolute atomic E-state index is 0.285. The van der Waals surface area contributed by atoms with Crippen molar-refractivity contribution in [2.45, 2.75) is 26.1 Å². The van der Waals surface area contributed by atoms with Crippen LogP contribution in [-0.4, -0.2) is 67.0 Å². The molecule has 19 heavy (non-hydrogen) atoms. The van der Waals surface area contributed by atoms with E-state index < -0.39 is 7.05 Å². The number of carbonyl (C=O) groups is 1. The molecule has 0 aromatic rings. The van der Waals surface area contributed by atoms with Gasteiger partial charge in [-0.3, -0.25) is 4.79 Å². The first-order valence-electron chi connectivity index (χ1n) is 7.54. The molecule has 2 N–H and O–H groups in total. The molecule has 1 aliphatic carbocycles. The number of nitrogens with one attached hydrogen (secondary N) is 1. The molecule has 106 valence electrons. The zero-order valence-electron chi connectivity index (χ0n) is 11.8. The molecule has 0 radical (unpaired) electrons. The molecule has 3 fully saturated rings. The summed E-state index contributed by atoms with van der Waals surface area (Å²) in [5.41, 5.74) is 0.337. The van der Waals surface area contributed by atoms with Crippen molar-refractivity contribution in [3.63, 3.8) is 0 Å². The summed E-state index contributed by atoms with van der Waals surface area (Å²) in [6.07, 6.45) is 3.43. The van der Waals surface area contributed by atoms with E-state index in [-0.39, 0.29) is 5.92 Å². The normalized spacial score (nSPS) is 30.4. The molecule has 5 nitrogen and oxygen atoms in total. The van der Waals surface area contributed by atoms with E-state index in [1.54, 1.807) is 6.82 Å². The summed E-state index contributed by atoms with van der Waals surface area (Å²) >= 11 is 0. The van der Waals surface area contributed by atoms with E-state index in [9.17, 15) is 9.82 Å². The Kier molecular flexibility index (Phi) is 3.58. The van der Waals surface area contributed by atoms with Crippen molar-refractivity contribution in [2.24, 2.45) is 11.3 Å². The van der Waals surface area contributed by atoms with Gasteiger partial charge in [-0.15, -0.1) is 0 Å². The van der Waals surface area contributed by atoms with Gasteiger partial charge >= 0.3 is 7.05 Å². The summed E-state index contributed by atoms with van der Waals surface area (Å²) in [5.74, 6) is 0.653. The van der Waals surface area contributed by atoms with E-state index in [1.165, 1.54) is 0 Å². The maximum absolute atomic E-state index is 12.5. The Balaban J connectivity index is 1.52. The molecule has 0 aromatic heterocycles. The van der Waals surface area contributed by atoms with Crippen molar-refractivity contribution in [1.29, 1.82) is 0 Å². The number of piperazine rings is 1. The average molecular weight is 265 g/mol. The van der Waals surface area contributed by atoms with Crippen molar-refractivity contribution in [3.05, 3.63) is 0 Å². The first-order valence-corrected chi connectivity index (χ1v) is 7.54. The van der Waals surface area contributed by atoms with Gasteiger partial charge in [-0.2, -0.15) is 0 Å². The van der Waals surface area contributed by atoms with Crippen molar-refractivity contribution in [2.75, 3.05) is 39.3 Å². The summed E-state index contributed by atoms with van der Waals surface area (Å²) in [6, 6.07) is 0. The molecule has 1 spiro atoms. The lowest BCUT2D eigenvalue weighted by molar-refractivity contribution is -0.134. The molecule has 0 aromatic carbocycles. The predicted octanol–water partition coefficient (Wildman–Crippen LogP) is -0.369. The van der Waals surface area contributed by atoms with E-state index in [0.29, 0.717) is 11.3 Å². The second-order valence-corrected chi connectivity index (χ2v) is 6.36. The largest absolute Gasteiger partial charge is 0.437 e. The van der Waals surface area contributed by atoms with Crippen LogP contribution in [-0.2, 0) is 4.79 Å². The summed E-state index contributed by atoms with van der Waals surface area (Å²) in [5, 5.41) is 12.9. The first kappa shape index (κ1) is 13.4. The lowest BCUT2D eigenvalue weighted by atomic mass is 9.84. The quantitative estimate of drug-likeness (QED) is 0.669. The predicted molar refractivity (Wildman–Crippen MR) is 74.6 cm³/mol. The molecule has 1 atom stereocenters. The molecule has 6 heteroatoms. The van der Waals surface area contributed by atoms with Gasteiger partial charge < -0.3 is 20.1 Å². The third kappa shape index (κ3) is 2.53. The number of carbonyl (C=O) groups excluding carboxylic acids is 1. The van der Waals surface area contributed by atoms with Gasteiger partial charge in [0.15, 0.2) is 0 Å². The van der Waals surface area contributed by atoms with E-state index in [2.05, 4.69) is 5.32 Å². The Hall–Kier alpha value is -0.585. The van der Waals surface area contributed by atoms with E-state index >= 15 is 0 Å². The van der Waals surface area contributed by atoms with Crippen LogP contribution in [0.15, 0.2) is 0 Å². The molecule has 1 unspecified atom stereocenters. The molecule has 0 bridgehead atoms. The van der Waals surface area contributed by atoms with Crippen molar-refractivity contribution in [1.82, 2.24) is 15.0 Å². The number of nitrogens with zero attached hydrogens (tertiary/aromatic N) is 2. The van der Waals surface area contributed by atoms with Crippen molar-refractivity contribution >= 4 is 13.0 Å². The van der Waals surface area contributed by atoms with Gasteiger partial charge in [0.2, 0.25) is 5.91 Å². The zero-order valence-corrected chi connectivity index (χ0v) is 11.8. The van der Waals surface area contributed by atoms with Crippen LogP contribution < -0.4 is 5.32 Å². The van der Waals surface area contributed by atoms with Crippen LogP contribution in [0, 0.1) is 11.3 Å². The monoisotopic (exact) mass is 265 g/mol. The summed E-state index contributed by atoms with van der Waals surface area (Å²) in [4.78, 5) is 16.6. The van der Waals surface area contributed by atoms with E-state index in [0.717, 1.165) is 58.5 Å². The van der Waals surface area contributed by atoms with Crippen LogP contribution in [0.2, 0.25) is 6.82 Å². The Morgan fingerprint density at radius 3 is 2.47 bits per heavy atom. The van der Waals surface area contributed by atoms with Gasteiger partial charge in [0.25, 0.3) is 0 Å². The lowest BCUT2D eigenvalue weighted by Crippen LogP contribution is -2.53. The SMILES string of the molecule is CB(O)N1CCN(C(=O)C2CC23CCNCC3)CC1. The highest BCUT2D eigenvalue weighted by atomic mass is 16.2. The van der Waals surface area contributed by atoms with Gasteiger partial charge in [0.05, 0.1) is 0 Å². The minimum Gasteiger partial charge on any atom is -0.437 e. The lowest BCUT2D eigenvalue weighted by Gasteiger charge is -2.36. The molecule has 3 aliphatic rings. The first-order chi connectivity index (χ1) is 9.12. The summed E-state index contributed by atoms with van der Waals surface area (Å²) in [6.45, 7) is 7.07. The molecule has 1 amide bonds. The summed E-state index contributed by atoms with van der Waals surface area (Å²) < 4.78 is 0. The average Bonchev–Trinajstić information content (AvgIpc) is 3.12. The van der Waals surface area contributed by atoms with Crippen LogP contribution in [0.1, 0.15) is 19.3 Å². The van der Waals surface area contributed by atoms with Gasteiger partial charge in [0.1, 0.15) is 0 Å². The smallest absolute Gasteiger partial charge is 0.376 e. The van der Waals surface area contributed by atoms with Crippen LogP contribution in [0.5, 0.6) is 0 Å². The number of hydrogen-bond donors (Lipinski definition) is 2. The highest BCUT2D eigenvalue weighted by molar-refractivity contribution is 6.45. The third-order valence-corrected chi connectivity index (χ3v) is 5.24. The van der Waals surface area contributed by atoms with E-state index in [4.69, 9.17) is 0 Å². The molecule has 3 rings (SSSR count). The minimum atomic E-state index is -0.395. The Bertz CT molecular complexity index is 350. The number of rotatable bonds is 2. The van der Waals surface area contributed by atoms with Crippen molar-refractivity contribution in [3.8, 4) is 0 Å². The maximum atomic E-state index is 12.5. The fraction of sp³-hybridized carbons (Fsp3) is 0.923. The molecule has 2 heterocycles. The number of piperidine rings is 1. The Morgan fingerprint density at radius 2 is 1.89 bits per heavy atom. The highest BCUT2D eigenvalue weighted by Gasteiger charge is 2.58. The Labute approximate surface area is 115 Å². The summed E-state index contributed by atoms with van der Waals surface area (Å²) in [7, 11) is -0.395. The molecule has 1 saturated carbocycles. The molecular weight excluding hydrogens is 241 g/mol. The van der Waals surface area contributed by atoms with Crippen LogP contribution in [0.3, 0.4) is 0 Å². The van der Waals surface area contributed by atoms with E-state index in [1.807, 2.05) is 9.71 Å². The van der Waals surface area contributed by atoms with Crippen LogP contribution in [0.25, 0.3) is 0 Å². The molecule has 2 aliphatic heterocycles. The Morgan fingerprint density at radius 1 is 1.26 bits per heavy atom. The molecular formula is C13H24BN3O2. The van der Waals surface area contributed by atoms with Gasteiger partial charge in [-0.05, 0) is 44.6 Å². The zero-order chi connectivity index (χ0) is 13.5. The standard InChI is InChI=1S/C13H24BN3O2/c1-14(19)17-8-6-16(7-9-17)12(18)11-10-13(11)2-4-15-5-3-13/h11,15,19H,2-10H2,1H3. The second-order valence-electron chi connectivity index (χ2n) is 6.36. The van der Waals surface area contributed by atoms with Crippen molar-refractivity contribution < 1.29 is 9.82 Å². The highest BCUT2D eigenvalue weighted by Crippen LogP contribution is 2.59.